The number of hydrogen-bond donors (Lipinski definition) is 3. The quantitative estimate of drug-likeness (QED) is 0.0707. The number of hydrogen-bond acceptors (Lipinski definition) is 15. The standard InChI is InChI=1S/C22H29NO5.C19H28N2O2.C19H26N2O2.C19H25NO3/c1-5-26-19(24)14-16-15-22(27-18-9-7-6-8-17(16)18)10-12-23(13-11-22)20(25)28-21(2,3)4;2*1-3-21(4-2)18(22)13-15-14-19(9-11-20-12-10-19)23-17-8-6-5-7-16(15)17;1-2-22-18(21)9-5-6-15-14-19(10-12-20-13-11-19)23-17-8-4-3-7-16(15)17/h6-9,15H,5,10-14H2,1-4H3;5-8,15,20H,3-4,9-14H2,1-2H3;5-8,14,20H,3-4,9-13H2,1-2H3;3-4,7-8,14,20H,2,5-6,9-13H2,1H3. The average Bonchev–Trinajstić information content (AvgIpc) is 0.797. The number of carbonyl (C=O) groups excluding carboxylic acids is 5. The van der Waals surface area contributed by atoms with Crippen LogP contribution in [0.5, 0.6) is 23.0 Å². The molecule has 1 unspecified atom stereocenters. The fourth-order valence-electron chi connectivity index (χ4n) is 14.6. The van der Waals surface area contributed by atoms with Gasteiger partial charge in [0.25, 0.3) is 0 Å². The number of carbonyl (C=O) groups is 5. The topological polar surface area (TPSA) is 196 Å². The van der Waals surface area contributed by atoms with Crippen LogP contribution in [-0.2, 0) is 33.4 Å². The van der Waals surface area contributed by atoms with Crippen molar-refractivity contribution < 1.29 is 57.1 Å². The molecule has 526 valence electrons. The predicted molar refractivity (Wildman–Crippen MR) is 381 cm³/mol. The van der Waals surface area contributed by atoms with Crippen LogP contribution in [0.1, 0.15) is 187 Å². The first kappa shape index (κ1) is 73.6. The van der Waals surface area contributed by atoms with E-state index in [1.54, 1.807) is 11.8 Å². The van der Waals surface area contributed by atoms with Crippen molar-refractivity contribution in [2.24, 2.45) is 0 Å². The zero-order chi connectivity index (χ0) is 69.1. The third kappa shape index (κ3) is 19.6. The van der Waals surface area contributed by atoms with Gasteiger partial charge in [0.1, 0.15) is 51.0 Å². The number of piperidine rings is 4. The maximum atomic E-state index is 12.6. The Morgan fingerprint density at radius 3 is 1.42 bits per heavy atom. The first-order valence-corrected chi connectivity index (χ1v) is 36.0. The van der Waals surface area contributed by atoms with Gasteiger partial charge in [-0.15, -0.1) is 0 Å². The summed E-state index contributed by atoms with van der Waals surface area (Å²) in [6.07, 6.45) is 17.9. The number of likely N-dealkylation sites (tertiary alicyclic amines) is 1. The van der Waals surface area contributed by atoms with Gasteiger partial charge in [-0.05, 0) is 198 Å². The fraction of sp³-hybridized carbons (Fsp3) is 0.557. The molecule has 4 aromatic rings. The minimum Gasteiger partial charge on any atom is -0.487 e. The molecule has 0 aromatic heterocycles. The average molecular weight is 1330 g/mol. The lowest BCUT2D eigenvalue weighted by atomic mass is 9.76. The molecule has 0 bridgehead atoms. The highest BCUT2D eigenvalue weighted by Gasteiger charge is 2.44. The molecule has 97 heavy (non-hydrogen) atoms. The Balaban J connectivity index is 0.000000152. The molecule has 4 fully saturated rings. The normalized spacial score (nSPS) is 19.4. The number of fused-ring (bicyclic) bond motifs is 4. The highest BCUT2D eigenvalue weighted by Crippen LogP contribution is 2.48. The number of nitrogens with one attached hydrogen (secondary N) is 3. The van der Waals surface area contributed by atoms with Crippen LogP contribution in [0.25, 0.3) is 16.7 Å². The molecule has 12 rings (SSSR count). The summed E-state index contributed by atoms with van der Waals surface area (Å²) in [4.78, 5) is 66.8. The van der Waals surface area contributed by atoms with Crippen molar-refractivity contribution in [3.8, 4) is 23.0 Å². The monoisotopic (exact) mass is 1330 g/mol. The van der Waals surface area contributed by atoms with Crippen LogP contribution in [0.2, 0.25) is 0 Å². The number of esters is 2. The molecule has 4 saturated heterocycles. The Morgan fingerprint density at radius 2 is 0.928 bits per heavy atom. The van der Waals surface area contributed by atoms with Crippen molar-refractivity contribution in [3.05, 3.63) is 138 Å². The minimum atomic E-state index is -0.519. The molecule has 8 heterocycles. The summed E-state index contributed by atoms with van der Waals surface area (Å²) in [5, 5.41) is 10.2. The first-order valence-electron chi connectivity index (χ1n) is 36.0. The third-order valence-electron chi connectivity index (χ3n) is 19.7. The number of ether oxygens (including phenoxy) is 7. The lowest BCUT2D eigenvalue weighted by Crippen LogP contribution is -2.50. The molecule has 8 aliphatic heterocycles. The van der Waals surface area contributed by atoms with Gasteiger partial charge in [0.05, 0.1) is 26.1 Å². The second-order valence-electron chi connectivity index (χ2n) is 27.6. The third-order valence-corrected chi connectivity index (χ3v) is 19.7. The lowest BCUT2D eigenvalue weighted by molar-refractivity contribution is -0.143. The molecule has 3 N–H and O–H groups in total. The van der Waals surface area contributed by atoms with E-state index in [1.807, 2.05) is 126 Å². The summed E-state index contributed by atoms with van der Waals surface area (Å²) in [6, 6.07) is 32.3. The molecule has 4 spiro atoms. The van der Waals surface area contributed by atoms with Gasteiger partial charge < -0.3 is 63.8 Å². The lowest BCUT2D eigenvalue weighted by Gasteiger charge is -2.45. The van der Waals surface area contributed by atoms with E-state index >= 15 is 0 Å². The largest absolute Gasteiger partial charge is 0.487 e. The van der Waals surface area contributed by atoms with Gasteiger partial charge >= 0.3 is 18.0 Å². The number of amides is 3. The van der Waals surface area contributed by atoms with Gasteiger partial charge in [-0.3, -0.25) is 19.2 Å². The Kier molecular flexibility index (Phi) is 25.9. The molecule has 18 nitrogen and oxygen atoms in total. The van der Waals surface area contributed by atoms with Gasteiger partial charge in [0, 0.05) is 113 Å². The van der Waals surface area contributed by atoms with Crippen LogP contribution in [0.3, 0.4) is 0 Å². The molecule has 18 heteroatoms. The number of para-hydroxylation sites is 4. The predicted octanol–water partition coefficient (Wildman–Crippen LogP) is 13.3. The van der Waals surface area contributed by atoms with E-state index in [0.29, 0.717) is 58.4 Å². The summed E-state index contributed by atoms with van der Waals surface area (Å²) in [5.74, 6) is 4.03. The van der Waals surface area contributed by atoms with Crippen LogP contribution in [-0.4, -0.2) is 164 Å². The molecule has 8 aliphatic rings. The van der Waals surface area contributed by atoms with Gasteiger partial charge in [-0.2, -0.15) is 0 Å². The minimum absolute atomic E-state index is 0.0895. The van der Waals surface area contributed by atoms with E-state index < -0.39 is 11.2 Å². The van der Waals surface area contributed by atoms with E-state index in [0.717, 1.165) is 169 Å². The van der Waals surface area contributed by atoms with Crippen LogP contribution in [0, 0.1) is 0 Å². The Bertz CT molecular complexity index is 3390. The summed E-state index contributed by atoms with van der Waals surface area (Å²) in [5.41, 5.74) is 6.15. The van der Waals surface area contributed by atoms with Gasteiger partial charge in [0.2, 0.25) is 11.8 Å². The molecule has 0 saturated carbocycles. The van der Waals surface area contributed by atoms with Crippen molar-refractivity contribution in [1.82, 2.24) is 30.7 Å². The Labute approximate surface area is 576 Å². The summed E-state index contributed by atoms with van der Waals surface area (Å²) in [6.45, 7) is 28.3. The first-order chi connectivity index (χ1) is 46.8. The number of nitrogens with zero attached hydrogens (tertiary/aromatic N) is 3. The molecular formula is C79H108N6O12. The van der Waals surface area contributed by atoms with Crippen LogP contribution in [0.4, 0.5) is 4.79 Å². The molecule has 0 aliphatic carbocycles. The summed E-state index contributed by atoms with van der Waals surface area (Å²) < 4.78 is 41.1. The van der Waals surface area contributed by atoms with Crippen molar-refractivity contribution in [3.63, 3.8) is 0 Å². The van der Waals surface area contributed by atoms with E-state index in [-0.39, 0.29) is 59.0 Å². The Morgan fingerprint density at radius 1 is 0.505 bits per heavy atom. The zero-order valence-electron chi connectivity index (χ0n) is 59.3. The van der Waals surface area contributed by atoms with Gasteiger partial charge in [0.15, 0.2) is 0 Å². The maximum absolute atomic E-state index is 12.6. The second kappa shape index (κ2) is 34.2. The van der Waals surface area contributed by atoms with Crippen molar-refractivity contribution in [2.45, 2.75) is 193 Å². The second-order valence-corrected chi connectivity index (χ2v) is 27.6. The van der Waals surface area contributed by atoms with E-state index in [1.165, 1.54) is 16.7 Å². The van der Waals surface area contributed by atoms with Crippen LogP contribution in [0.15, 0.2) is 115 Å². The summed E-state index contributed by atoms with van der Waals surface area (Å²) in [7, 11) is 0. The van der Waals surface area contributed by atoms with E-state index in [2.05, 4.69) is 70.6 Å². The number of benzene rings is 4. The smallest absolute Gasteiger partial charge is 0.410 e. The van der Waals surface area contributed by atoms with Crippen LogP contribution < -0.4 is 34.9 Å². The van der Waals surface area contributed by atoms with Crippen molar-refractivity contribution in [2.75, 3.05) is 91.8 Å². The molecule has 3 amide bonds. The molecule has 1 atom stereocenters. The van der Waals surface area contributed by atoms with E-state index in [9.17, 15) is 24.0 Å². The van der Waals surface area contributed by atoms with Gasteiger partial charge in [-0.25, -0.2) is 4.79 Å². The number of rotatable bonds is 16. The zero-order valence-corrected chi connectivity index (χ0v) is 59.3. The van der Waals surface area contributed by atoms with Crippen molar-refractivity contribution in [1.29, 1.82) is 0 Å². The summed E-state index contributed by atoms with van der Waals surface area (Å²) >= 11 is 0. The molecule has 4 aromatic carbocycles. The molecule has 0 radical (unpaired) electrons. The van der Waals surface area contributed by atoms with E-state index in [4.69, 9.17) is 33.2 Å². The SMILES string of the molecule is CCN(CC)C(=O)CC1=CC2(CCNCC2)Oc2ccccc21.CCN(CC)C(=O)CC1CC2(CCNCC2)Oc2ccccc21.CCOC(=O)CC1=CC2(CCN(C(=O)OC(C)(C)C)CC2)Oc2ccccc21.CCOC(=O)CCCC1=CC2(CCNCC2)Oc2ccccc21. The van der Waals surface area contributed by atoms with Crippen molar-refractivity contribution >= 4 is 46.6 Å². The number of allylic oxidation sites excluding steroid dienone is 1. The Hall–Kier alpha value is -7.67. The molecular weight excluding hydrogens is 1220 g/mol. The van der Waals surface area contributed by atoms with Crippen LogP contribution >= 0.6 is 0 Å². The fourth-order valence-corrected chi connectivity index (χ4v) is 14.6. The van der Waals surface area contributed by atoms with Gasteiger partial charge in [-0.1, -0.05) is 72.8 Å². The highest BCUT2D eigenvalue weighted by atomic mass is 16.6. The highest BCUT2D eigenvalue weighted by molar-refractivity contribution is 5.91. The maximum Gasteiger partial charge on any atom is 0.410 e.